The molecule has 21 heavy (non-hydrogen) atoms. The van der Waals surface area contributed by atoms with E-state index < -0.39 is 0 Å². The molecule has 0 bridgehead atoms. The highest BCUT2D eigenvalue weighted by atomic mass is 16.2. The standard InChI is InChI=1S/C15H22N4O2/c1-4-16-13-9-12(8-11(2)17-13)15(21)19-7-5-6-18(3)14(20)10-19/h8-9H,4-7,10H2,1-3H3,(H,16,17). The van der Waals surface area contributed by atoms with Crippen molar-refractivity contribution in [3.8, 4) is 0 Å². The maximum absolute atomic E-state index is 12.6. The Balaban J connectivity index is 2.20. The summed E-state index contributed by atoms with van der Waals surface area (Å²) < 4.78 is 0. The van der Waals surface area contributed by atoms with Crippen molar-refractivity contribution in [1.82, 2.24) is 14.8 Å². The van der Waals surface area contributed by atoms with Crippen LogP contribution in [0, 0.1) is 6.92 Å². The smallest absolute Gasteiger partial charge is 0.254 e. The van der Waals surface area contributed by atoms with Crippen molar-refractivity contribution < 1.29 is 9.59 Å². The third-order valence-corrected chi connectivity index (χ3v) is 3.52. The van der Waals surface area contributed by atoms with Gasteiger partial charge in [-0.3, -0.25) is 9.59 Å². The molecular weight excluding hydrogens is 268 g/mol. The molecule has 1 aliphatic rings. The van der Waals surface area contributed by atoms with Crippen molar-refractivity contribution in [1.29, 1.82) is 0 Å². The molecule has 0 spiro atoms. The van der Waals surface area contributed by atoms with Crippen LogP contribution in [0.1, 0.15) is 29.4 Å². The SMILES string of the molecule is CCNc1cc(C(=O)N2CCCN(C)C(=O)C2)cc(C)n1. The van der Waals surface area contributed by atoms with Gasteiger partial charge in [0.15, 0.2) is 0 Å². The summed E-state index contributed by atoms with van der Waals surface area (Å²) in [6, 6.07) is 3.51. The monoisotopic (exact) mass is 290 g/mol. The largest absolute Gasteiger partial charge is 0.370 e. The number of anilines is 1. The third-order valence-electron chi connectivity index (χ3n) is 3.52. The average molecular weight is 290 g/mol. The number of carbonyl (C=O) groups excluding carboxylic acids is 2. The third kappa shape index (κ3) is 3.71. The minimum absolute atomic E-state index is 0.0152. The van der Waals surface area contributed by atoms with Crippen LogP contribution in [0.2, 0.25) is 0 Å². The second kappa shape index (κ2) is 6.56. The van der Waals surface area contributed by atoms with E-state index in [1.807, 2.05) is 13.8 Å². The molecule has 6 nitrogen and oxygen atoms in total. The predicted octanol–water partition coefficient (Wildman–Crippen LogP) is 1.13. The maximum atomic E-state index is 12.6. The van der Waals surface area contributed by atoms with Crippen molar-refractivity contribution in [2.75, 3.05) is 38.5 Å². The van der Waals surface area contributed by atoms with Crippen LogP contribution in [0.3, 0.4) is 0 Å². The zero-order valence-corrected chi connectivity index (χ0v) is 12.8. The molecule has 1 fully saturated rings. The van der Waals surface area contributed by atoms with E-state index in [2.05, 4.69) is 10.3 Å². The predicted molar refractivity (Wildman–Crippen MR) is 81.3 cm³/mol. The van der Waals surface area contributed by atoms with Gasteiger partial charge in [-0.1, -0.05) is 0 Å². The van der Waals surface area contributed by atoms with Gasteiger partial charge >= 0.3 is 0 Å². The minimum atomic E-state index is -0.108. The number of nitrogens with zero attached hydrogens (tertiary/aromatic N) is 3. The van der Waals surface area contributed by atoms with Crippen LogP contribution in [-0.4, -0.2) is 59.8 Å². The van der Waals surface area contributed by atoms with E-state index in [9.17, 15) is 9.59 Å². The summed E-state index contributed by atoms with van der Waals surface area (Å²) in [6.07, 6.45) is 0.804. The van der Waals surface area contributed by atoms with Crippen LogP contribution in [0.5, 0.6) is 0 Å². The van der Waals surface area contributed by atoms with Crippen LogP contribution in [0.25, 0.3) is 0 Å². The molecule has 1 aromatic heterocycles. The van der Waals surface area contributed by atoms with E-state index in [1.54, 1.807) is 29.0 Å². The average Bonchev–Trinajstić information content (AvgIpc) is 2.60. The molecule has 0 atom stereocenters. The van der Waals surface area contributed by atoms with E-state index in [1.165, 1.54) is 0 Å². The Labute approximate surface area is 125 Å². The molecule has 1 saturated heterocycles. The van der Waals surface area contributed by atoms with E-state index in [0.29, 0.717) is 24.5 Å². The summed E-state index contributed by atoms with van der Waals surface area (Å²) in [4.78, 5) is 32.2. The lowest BCUT2D eigenvalue weighted by Crippen LogP contribution is -2.38. The fourth-order valence-corrected chi connectivity index (χ4v) is 2.41. The lowest BCUT2D eigenvalue weighted by molar-refractivity contribution is -0.129. The summed E-state index contributed by atoms with van der Waals surface area (Å²) in [7, 11) is 1.77. The molecular formula is C15H22N4O2. The molecule has 0 aliphatic carbocycles. The van der Waals surface area contributed by atoms with Crippen LogP contribution in [-0.2, 0) is 4.79 Å². The van der Waals surface area contributed by atoms with E-state index in [-0.39, 0.29) is 18.4 Å². The summed E-state index contributed by atoms with van der Waals surface area (Å²) in [5.41, 5.74) is 1.37. The van der Waals surface area contributed by atoms with E-state index in [0.717, 1.165) is 18.7 Å². The molecule has 1 N–H and O–H groups in total. The van der Waals surface area contributed by atoms with Gasteiger partial charge in [0.2, 0.25) is 5.91 Å². The molecule has 0 radical (unpaired) electrons. The number of amides is 2. The van der Waals surface area contributed by atoms with Gasteiger partial charge in [-0.05, 0) is 32.4 Å². The number of nitrogens with one attached hydrogen (secondary N) is 1. The number of aromatic nitrogens is 1. The summed E-state index contributed by atoms with van der Waals surface area (Å²) in [5.74, 6) is 0.570. The molecule has 0 aromatic carbocycles. The van der Waals surface area contributed by atoms with Gasteiger partial charge in [0.1, 0.15) is 12.4 Å². The molecule has 6 heteroatoms. The Bertz CT molecular complexity index is 544. The fourth-order valence-electron chi connectivity index (χ4n) is 2.41. The zero-order chi connectivity index (χ0) is 15.4. The molecule has 2 amide bonds. The van der Waals surface area contributed by atoms with Crippen molar-refractivity contribution in [3.63, 3.8) is 0 Å². The second-order valence-corrected chi connectivity index (χ2v) is 5.31. The maximum Gasteiger partial charge on any atom is 0.254 e. The Kier molecular flexibility index (Phi) is 4.77. The Hall–Kier alpha value is -2.11. The normalized spacial score (nSPS) is 15.9. The van der Waals surface area contributed by atoms with Crippen LogP contribution in [0.15, 0.2) is 12.1 Å². The number of pyridine rings is 1. The Morgan fingerprint density at radius 3 is 2.86 bits per heavy atom. The topological polar surface area (TPSA) is 65.5 Å². The Morgan fingerprint density at radius 1 is 1.38 bits per heavy atom. The molecule has 2 rings (SSSR count). The lowest BCUT2D eigenvalue weighted by Gasteiger charge is -2.20. The summed E-state index contributed by atoms with van der Waals surface area (Å²) in [5, 5.41) is 3.12. The first-order valence-electron chi connectivity index (χ1n) is 7.27. The minimum Gasteiger partial charge on any atom is -0.370 e. The van der Waals surface area contributed by atoms with E-state index in [4.69, 9.17) is 0 Å². The van der Waals surface area contributed by atoms with Gasteiger partial charge < -0.3 is 15.1 Å². The second-order valence-electron chi connectivity index (χ2n) is 5.31. The van der Waals surface area contributed by atoms with Gasteiger partial charge in [-0.25, -0.2) is 4.98 Å². The fraction of sp³-hybridized carbons (Fsp3) is 0.533. The molecule has 1 aliphatic heterocycles. The highest BCUT2D eigenvalue weighted by Crippen LogP contribution is 2.14. The Morgan fingerprint density at radius 2 is 2.14 bits per heavy atom. The van der Waals surface area contributed by atoms with Crippen LogP contribution >= 0.6 is 0 Å². The number of aryl methyl sites for hydroxylation is 1. The van der Waals surface area contributed by atoms with E-state index >= 15 is 0 Å². The molecule has 0 saturated carbocycles. The van der Waals surface area contributed by atoms with Crippen molar-refractivity contribution >= 4 is 17.6 Å². The molecule has 0 unspecified atom stereocenters. The highest BCUT2D eigenvalue weighted by Gasteiger charge is 2.24. The lowest BCUT2D eigenvalue weighted by atomic mass is 10.2. The first kappa shape index (κ1) is 15.3. The summed E-state index contributed by atoms with van der Waals surface area (Å²) >= 11 is 0. The number of carbonyl (C=O) groups is 2. The highest BCUT2D eigenvalue weighted by molar-refractivity contribution is 5.97. The number of hydrogen-bond acceptors (Lipinski definition) is 4. The summed E-state index contributed by atoms with van der Waals surface area (Å²) in [6.45, 7) is 6.03. The number of likely N-dealkylation sites (N-methyl/N-ethyl adjacent to an activating group) is 1. The molecule has 1 aromatic rings. The van der Waals surface area contributed by atoms with Crippen molar-refractivity contribution in [2.24, 2.45) is 0 Å². The van der Waals surface area contributed by atoms with Gasteiger partial charge in [0, 0.05) is 37.9 Å². The van der Waals surface area contributed by atoms with Gasteiger partial charge in [0.05, 0.1) is 0 Å². The van der Waals surface area contributed by atoms with Gasteiger partial charge in [0.25, 0.3) is 5.91 Å². The zero-order valence-electron chi connectivity index (χ0n) is 12.8. The van der Waals surface area contributed by atoms with Crippen molar-refractivity contribution in [2.45, 2.75) is 20.3 Å². The van der Waals surface area contributed by atoms with Gasteiger partial charge in [-0.2, -0.15) is 0 Å². The number of hydrogen-bond donors (Lipinski definition) is 1. The number of rotatable bonds is 3. The molecule has 114 valence electrons. The molecule has 2 heterocycles. The van der Waals surface area contributed by atoms with Crippen molar-refractivity contribution in [3.05, 3.63) is 23.4 Å². The van der Waals surface area contributed by atoms with Gasteiger partial charge in [-0.15, -0.1) is 0 Å². The first-order valence-corrected chi connectivity index (χ1v) is 7.27. The van der Waals surface area contributed by atoms with Crippen LogP contribution in [0.4, 0.5) is 5.82 Å². The van der Waals surface area contributed by atoms with Crippen LogP contribution < -0.4 is 5.32 Å². The first-order chi connectivity index (χ1) is 10.0. The quantitative estimate of drug-likeness (QED) is 0.906.